The van der Waals surface area contributed by atoms with Gasteiger partial charge in [-0.15, -0.1) is 0 Å². The highest BCUT2D eigenvalue weighted by atomic mass is 16.6. The van der Waals surface area contributed by atoms with E-state index >= 15 is 0 Å². The maximum Gasteiger partial charge on any atom is 0.412 e. The number of nitrogens with zero attached hydrogens (tertiary/aromatic N) is 1. The minimum atomic E-state index is -0.404. The van der Waals surface area contributed by atoms with Gasteiger partial charge < -0.3 is 29.7 Å². The fourth-order valence-electron chi connectivity index (χ4n) is 4.10. The molecule has 8 heteroatoms. The second kappa shape index (κ2) is 14.9. The third kappa shape index (κ3) is 10.1. The fourth-order valence-corrected chi connectivity index (χ4v) is 4.10. The van der Waals surface area contributed by atoms with Crippen molar-refractivity contribution in [3.05, 3.63) is 48.5 Å². The molecule has 0 aromatic heterocycles. The molecule has 1 aliphatic rings. The SMILES string of the molecule is CC(=O)NCCN(C)c1cccc(OCCCCOc2cccc(OC(=O)NC3CCCCC3)c2)c1. The third-order valence-corrected chi connectivity index (χ3v) is 6.10. The minimum Gasteiger partial charge on any atom is -0.494 e. The van der Waals surface area contributed by atoms with Crippen molar-refractivity contribution in [1.29, 1.82) is 0 Å². The Hall–Kier alpha value is -3.42. The number of likely N-dealkylation sites (N-methyl/N-ethyl adjacent to an activating group) is 1. The molecule has 1 fully saturated rings. The van der Waals surface area contributed by atoms with E-state index in [2.05, 4.69) is 15.5 Å². The van der Waals surface area contributed by atoms with Crippen molar-refractivity contribution in [2.75, 3.05) is 38.3 Å². The van der Waals surface area contributed by atoms with Crippen LogP contribution in [-0.4, -0.2) is 51.4 Å². The smallest absolute Gasteiger partial charge is 0.412 e. The lowest BCUT2D eigenvalue weighted by atomic mass is 9.96. The summed E-state index contributed by atoms with van der Waals surface area (Å²) in [5.74, 6) is 1.94. The lowest BCUT2D eigenvalue weighted by Crippen LogP contribution is -2.37. The summed E-state index contributed by atoms with van der Waals surface area (Å²) in [5.41, 5.74) is 1.04. The van der Waals surface area contributed by atoms with Crippen molar-refractivity contribution >= 4 is 17.7 Å². The number of hydrogen-bond donors (Lipinski definition) is 2. The number of rotatable bonds is 13. The molecule has 0 aliphatic heterocycles. The van der Waals surface area contributed by atoms with Crippen LogP contribution in [0.15, 0.2) is 48.5 Å². The second-order valence-corrected chi connectivity index (χ2v) is 9.15. The summed E-state index contributed by atoms with van der Waals surface area (Å²) < 4.78 is 17.2. The van der Waals surface area contributed by atoms with Gasteiger partial charge in [-0.1, -0.05) is 31.4 Å². The van der Waals surface area contributed by atoms with Crippen molar-refractivity contribution in [1.82, 2.24) is 10.6 Å². The zero-order valence-corrected chi connectivity index (χ0v) is 21.5. The van der Waals surface area contributed by atoms with E-state index in [1.54, 1.807) is 12.1 Å². The van der Waals surface area contributed by atoms with Crippen LogP contribution in [0.5, 0.6) is 17.2 Å². The van der Waals surface area contributed by atoms with Crippen LogP contribution in [0.25, 0.3) is 0 Å². The zero-order chi connectivity index (χ0) is 25.6. The number of amides is 2. The van der Waals surface area contributed by atoms with Crippen LogP contribution >= 0.6 is 0 Å². The average molecular weight is 498 g/mol. The van der Waals surface area contributed by atoms with Crippen molar-refractivity contribution in [2.24, 2.45) is 0 Å². The van der Waals surface area contributed by atoms with Crippen molar-refractivity contribution in [2.45, 2.75) is 57.9 Å². The molecule has 0 saturated heterocycles. The van der Waals surface area contributed by atoms with Gasteiger partial charge in [-0.3, -0.25) is 4.79 Å². The topological polar surface area (TPSA) is 89.1 Å². The van der Waals surface area contributed by atoms with Crippen LogP contribution in [0, 0.1) is 0 Å². The number of anilines is 1. The number of carbonyl (C=O) groups is 2. The molecule has 8 nitrogen and oxygen atoms in total. The van der Waals surface area contributed by atoms with Crippen LogP contribution < -0.4 is 29.7 Å². The largest absolute Gasteiger partial charge is 0.494 e. The molecule has 2 amide bonds. The molecule has 0 heterocycles. The van der Waals surface area contributed by atoms with Gasteiger partial charge in [-0.05, 0) is 49.9 Å². The first-order valence-electron chi connectivity index (χ1n) is 12.9. The van der Waals surface area contributed by atoms with E-state index in [9.17, 15) is 9.59 Å². The minimum absolute atomic E-state index is 0.0252. The third-order valence-electron chi connectivity index (χ3n) is 6.10. The Morgan fingerprint density at radius 1 is 0.917 bits per heavy atom. The fraction of sp³-hybridized carbons (Fsp3) is 0.500. The average Bonchev–Trinajstić information content (AvgIpc) is 2.87. The van der Waals surface area contributed by atoms with E-state index in [0.717, 1.165) is 56.5 Å². The van der Waals surface area contributed by atoms with E-state index in [0.29, 0.717) is 31.3 Å². The number of benzene rings is 2. The van der Waals surface area contributed by atoms with Crippen LogP contribution in [0.4, 0.5) is 10.5 Å². The molecule has 196 valence electrons. The molecule has 2 N–H and O–H groups in total. The molecule has 2 aromatic carbocycles. The van der Waals surface area contributed by atoms with Crippen molar-refractivity contribution < 1.29 is 23.8 Å². The Balaban J connectivity index is 1.32. The quantitative estimate of drug-likeness (QED) is 0.382. The van der Waals surface area contributed by atoms with E-state index in [1.807, 2.05) is 43.4 Å². The maximum atomic E-state index is 12.2. The van der Waals surface area contributed by atoms with E-state index in [4.69, 9.17) is 14.2 Å². The Morgan fingerprint density at radius 3 is 2.25 bits per heavy atom. The molecule has 0 spiro atoms. The van der Waals surface area contributed by atoms with E-state index in [1.165, 1.54) is 13.3 Å². The standard InChI is InChI=1S/C28H39N3O5/c1-22(32)29-16-17-31(2)24-12-8-13-25(20-24)34-18-6-7-19-35-26-14-9-15-27(21-26)36-28(33)30-23-10-4-3-5-11-23/h8-9,12-15,20-21,23H,3-7,10-11,16-19H2,1-2H3,(H,29,32)(H,30,33). The summed E-state index contributed by atoms with van der Waals surface area (Å²) in [4.78, 5) is 25.3. The maximum absolute atomic E-state index is 12.2. The Bertz CT molecular complexity index is 962. The van der Waals surface area contributed by atoms with Gasteiger partial charge in [0.1, 0.15) is 17.2 Å². The van der Waals surface area contributed by atoms with Gasteiger partial charge >= 0.3 is 6.09 Å². The number of nitrogens with one attached hydrogen (secondary N) is 2. The van der Waals surface area contributed by atoms with E-state index in [-0.39, 0.29) is 11.9 Å². The molecule has 1 aliphatic carbocycles. The van der Waals surface area contributed by atoms with Crippen LogP contribution in [-0.2, 0) is 4.79 Å². The van der Waals surface area contributed by atoms with Crippen LogP contribution in [0.2, 0.25) is 0 Å². The first kappa shape index (κ1) is 27.2. The van der Waals surface area contributed by atoms with Gasteiger partial charge in [0.15, 0.2) is 0 Å². The monoisotopic (exact) mass is 497 g/mol. The normalized spacial score (nSPS) is 13.5. The van der Waals surface area contributed by atoms with Gasteiger partial charge in [0, 0.05) is 50.9 Å². The first-order chi connectivity index (χ1) is 17.5. The number of hydrogen-bond acceptors (Lipinski definition) is 6. The highest BCUT2D eigenvalue weighted by Gasteiger charge is 2.16. The van der Waals surface area contributed by atoms with E-state index < -0.39 is 6.09 Å². The molecule has 1 saturated carbocycles. The predicted molar refractivity (Wildman–Crippen MR) is 141 cm³/mol. The summed E-state index contributed by atoms with van der Waals surface area (Å²) in [6.45, 7) is 3.97. The zero-order valence-electron chi connectivity index (χ0n) is 21.5. The number of carbonyl (C=O) groups excluding carboxylic acids is 2. The number of unbranched alkanes of at least 4 members (excludes halogenated alkanes) is 1. The number of ether oxygens (including phenoxy) is 3. The molecule has 36 heavy (non-hydrogen) atoms. The lowest BCUT2D eigenvalue weighted by molar-refractivity contribution is -0.118. The Kier molecular flexibility index (Phi) is 11.2. The molecule has 0 radical (unpaired) electrons. The van der Waals surface area contributed by atoms with Gasteiger partial charge in [-0.25, -0.2) is 4.79 Å². The van der Waals surface area contributed by atoms with Gasteiger partial charge in [0.25, 0.3) is 0 Å². The molecule has 3 rings (SSSR count). The van der Waals surface area contributed by atoms with Gasteiger partial charge in [0.05, 0.1) is 13.2 Å². The van der Waals surface area contributed by atoms with Crippen LogP contribution in [0.1, 0.15) is 51.9 Å². The molecular formula is C28H39N3O5. The Labute approximate surface area is 214 Å². The lowest BCUT2D eigenvalue weighted by Gasteiger charge is -2.22. The highest BCUT2D eigenvalue weighted by molar-refractivity contribution is 5.72. The summed E-state index contributed by atoms with van der Waals surface area (Å²) in [6, 6.07) is 15.3. The second-order valence-electron chi connectivity index (χ2n) is 9.15. The van der Waals surface area contributed by atoms with Crippen molar-refractivity contribution in [3.63, 3.8) is 0 Å². The molecule has 2 aromatic rings. The summed E-state index contributed by atoms with van der Waals surface area (Å²) in [6.07, 6.45) is 6.88. The van der Waals surface area contributed by atoms with Crippen LogP contribution in [0.3, 0.4) is 0 Å². The summed E-state index contributed by atoms with van der Waals surface area (Å²) >= 11 is 0. The Morgan fingerprint density at radius 2 is 1.56 bits per heavy atom. The molecule has 0 unspecified atom stereocenters. The first-order valence-corrected chi connectivity index (χ1v) is 12.9. The molecule has 0 bridgehead atoms. The highest BCUT2D eigenvalue weighted by Crippen LogP contribution is 2.22. The summed E-state index contributed by atoms with van der Waals surface area (Å²) in [5, 5.41) is 5.76. The van der Waals surface area contributed by atoms with Gasteiger partial charge in [0.2, 0.25) is 5.91 Å². The van der Waals surface area contributed by atoms with Crippen molar-refractivity contribution in [3.8, 4) is 17.2 Å². The predicted octanol–water partition coefficient (Wildman–Crippen LogP) is 4.92. The summed E-state index contributed by atoms with van der Waals surface area (Å²) in [7, 11) is 1.99. The molecular weight excluding hydrogens is 458 g/mol. The van der Waals surface area contributed by atoms with Gasteiger partial charge in [-0.2, -0.15) is 0 Å². The molecule has 0 atom stereocenters.